The summed E-state index contributed by atoms with van der Waals surface area (Å²) in [6.45, 7) is 0. The van der Waals surface area contributed by atoms with Gasteiger partial charge < -0.3 is 14.6 Å². The van der Waals surface area contributed by atoms with Crippen LogP contribution in [-0.2, 0) is 7.05 Å². The molecule has 2 aliphatic carbocycles. The molecule has 0 radical (unpaired) electrons. The quantitative estimate of drug-likeness (QED) is 0.716. The molecule has 0 spiro atoms. The molecule has 30 heavy (non-hydrogen) atoms. The SMILES string of the molecule is CN(c1ccc(-c2cc3ccn(C)c(=O)c3cc2O)nn1)[C@@H]1C[C@H]2CC[C@H](C2)[C@@H]1F. The predicted octanol–water partition coefficient (Wildman–Crippen LogP) is 3.66. The first-order chi connectivity index (χ1) is 14.4. The van der Waals surface area contributed by atoms with Gasteiger partial charge in [0.2, 0.25) is 0 Å². The molecule has 0 aliphatic heterocycles. The number of aromatic hydroxyl groups is 1. The van der Waals surface area contributed by atoms with Crippen LogP contribution >= 0.6 is 0 Å². The van der Waals surface area contributed by atoms with E-state index >= 15 is 0 Å². The summed E-state index contributed by atoms with van der Waals surface area (Å²) in [7, 11) is 3.56. The molecule has 1 aromatic carbocycles. The van der Waals surface area contributed by atoms with Crippen molar-refractivity contribution in [1.82, 2.24) is 14.8 Å². The molecule has 2 saturated carbocycles. The van der Waals surface area contributed by atoms with Crippen LogP contribution in [0.15, 0.2) is 41.3 Å². The van der Waals surface area contributed by atoms with Crippen LogP contribution in [0.25, 0.3) is 22.0 Å². The number of benzene rings is 1. The van der Waals surface area contributed by atoms with Gasteiger partial charge in [0.25, 0.3) is 5.56 Å². The zero-order valence-corrected chi connectivity index (χ0v) is 17.1. The monoisotopic (exact) mass is 408 g/mol. The largest absolute Gasteiger partial charge is 0.507 e. The number of hydrogen-bond acceptors (Lipinski definition) is 5. The molecule has 0 unspecified atom stereocenters. The number of pyridine rings is 1. The lowest BCUT2D eigenvalue weighted by molar-refractivity contribution is 0.144. The maximum atomic E-state index is 14.9. The van der Waals surface area contributed by atoms with Crippen molar-refractivity contribution in [2.24, 2.45) is 18.9 Å². The second-order valence-corrected chi connectivity index (χ2v) is 8.76. The van der Waals surface area contributed by atoms with E-state index < -0.39 is 6.17 Å². The van der Waals surface area contributed by atoms with Gasteiger partial charge in [0.15, 0.2) is 5.82 Å². The number of phenolic OH excluding ortho intramolecular Hbond substituents is 1. The molecule has 7 heteroatoms. The van der Waals surface area contributed by atoms with Crippen LogP contribution in [0, 0.1) is 11.8 Å². The zero-order valence-electron chi connectivity index (χ0n) is 17.1. The summed E-state index contributed by atoms with van der Waals surface area (Å²) in [5, 5.41) is 20.3. The summed E-state index contributed by atoms with van der Waals surface area (Å²) in [5.41, 5.74) is 0.851. The molecule has 1 N–H and O–H groups in total. The number of alkyl halides is 1. The molecular weight excluding hydrogens is 383 g/mol. The van der Waals surface area contributed by atoms with Crippen LogP contribution in [0.5, 0.6) is 5.75 Å². The minimum absolute atomic E-state index is 0.0196. The number of anilines is 1. The van der Waals surface area contributed by atoms with Gasteiger partial charge in [-0.3, -0.25) is 4.79 Å². The van der Waals surface area contributed by atoms with Crippen molar-refractivity contribution in [1.29, 1.82) is 0 Å². The molecule has 2 fully saturated rings. The third-order valence-electron chi connectivity index (χ3n) is 6.96. The maximum absolute atomic E-state index is 14.9. The van der Waals surface area contributed by atoms with E-state index in [1.54, 1.807) is 25.4 Å². The van der Waals surface area contributed by atoms with Crippen LogP contribution in [0.2, 0.25) is 0 Å². The first-order valence-electron chi connectivity index (χ1n) is 10.5. The van der Waals surface area contributed by atoms with E-state index in [1.165, 1.54) is 10.6 Å². The zero-order chi connectivity index (χ0) is 21.0. The van der Waals surface area contributed by atoms with E-state index in [2.05, 4.69) is 10.2 Å². The van der Waals surface area contributed by atoms with Crippen LogP contribution in [-0.4, -0.2) is 39.1 Å². The molecule has 156 valence electrons. The van der Waals surface area contributed by atoms with E-state index in [9.17, 15) is 14.3 Å². The van der Waals surface area contributed by atoms with E-state index in [4.69, 9.17) is 0 Å². The lowest BCUT2D eigenvalue weighted by Crippen LogP contribution is -2.46. The standard InChI is InChI=1S/C23H25FN4O2/c1-27-8-7-14-11-17(20(29)12-16(14)23(27)30)18-5-6-21(26-25-18)28(2)19-10-13-3-4-15(9-13)22(19)24/h5-8,11-13,15,19,22,29H,3-4,9-10H2,1-2H3/t13-,15+,19+,22-/m0/s1. The summed E-state index contributed by atoms with van der Waals surface area (Å²) in [5.74, 6) is 1.39. The van der Waals surface area contributed by atoms with Crippen LogP contribution < -0.4 is 10.5 Å². The summed E-state index contributed by atoms with van der Waals surface area (Å²) in [6.07, 6.45) is 4.86. The van der Waals surface area contributed by atoms with Crippen LogP contribution in [0.3, 0.4) is 0 Å². The van der Waals surface area contributed by atoms with Crippen molar-refractivity contribution in [3.05, 3.63) is 46.9 Å². The first kappa shape index (κ1) is 19.0. The van der Waals surface area contributed by atoms with Gasteiger partial charge in [0, 0.05) is 25.9 Å². The third-order valence-corrected chi connectivity index (χ3v) is 6.96. The first-order valence-corrected chi connectivity index (χ1v) is 10.5. The Morgan fingerprint density at radius 2 is 2.00 bits per heavy atom. The summed E-state index contributed by atoms with van der Waals surface area (Å²) >= 11 is 0. The molecular formula is C23H25FN4O2. The molecule has 0 saturated heterocycles. The van der Waals surface area contributed by atoms with Gasteiger partial charge in [-0.25, -0.2) is 4.39 Å². The van der Waals surface area contributed by atoms with Crippen molar-refractivity contribution >= 4 is 16.6 Å². The molecule has 6 nitrogen and oxygen atoms in total. The van der Waals surface area contributed by atoms with Crippen LogP contribution in [0.4, 0.5) is 10.2 Å². The van der Waals surface area contributed by atoms with E-state index in [-0.39, 0.29) is 23.3 Å². The summed E-state index contributed by atoms with van der Waals surface area (Å²) in [4.78, 5) is 14.2. The number of phenols is 1. The number of fused-ring (bicyclic) bond motifs is 3. The predicted molar refractivity (Wildman–Crippen MR) is 114 cm³/mol. The fraction of sp³-hybridized carbons (Fsp3) is 0.435. The smallest absolute Gasteiger partial charge is 0.258 e. The molecule has 2 heterocycles. The highest BCUT2D eigenvalue weighted by molar-refractivity contribution is 5.89. The summed E-state index contributed by atoms with van der Waals surface area (Å²) in [6, 6.07) is 8.48. The fourth-order valence-electron chi connectivity index (χ4n) is 5.18. The Bertz CT molecular complexity index is 1160. The Balaban J connectivity index is 1.44. The lowest BCUT2D eigenvalue weighted by atomic mass is 9.83. The molecule has 2 aliphatic rings. The number of nitrogens with zero attached hydrogens (tertiary/aromatic N) is 4. The van der Waals surface area contributed by atoms with Crippen LogP contribution in [0.1, 0.15) is 25.7 Å². The van der Waals surface area contributed by atoms with Crippen molar-refractivity contribution in [2.75, 3.05) is 11.9 Å². The van der Waals surface area contributed by atoms with E-state index in [0.717, 1.165) is 31.1 Å². The molecule has 3 aromatic rings. The molecule has 2 aromatic heterocycles. The van der Waals surface area contributed by atoms with Gasteiger partial charge in [0.05, 0.1) is 17.1 Å². The summed E-state index contributed by atoms with van der Waals surface area (Å²) < 4.78 is 16.4. The Morgan fingerprint density at radius 3 is 2.77 bits per heavy atom. The molecule has 5 rings (SSSR count). The minimum atomic E-state index is -0.831. The second kappa shape index (κ2) is 7.07. The van der Waals surface area contributed by atoms with E-state index in [1.807, 2.05) is 24.1 Å². The average molecular weight is 408 g/mol. The highest BCUT2D eigenvalue weighted by Crippen LogP contribution is 2.45. The lowest BCUT2D eigenvalue weighted by Gasteiger charge is -2.38. The molecule has 2 bridgehead atoms. The topological polar surface area (TPSA) is 71.2 Å². The van der Waals surface area contributed by atoms with Crippen molar-refractivity contribution in [3.8, 4) is 17.0 Å². The Kier molecular flexibility index (Phi) is 4.49. The fourth-order valence-corrected chi connectivity index (χ4v) is 5.18. The van der Waals surface area contributed by atoms with Gasteiger partial charge in [-0.2, -0.15) is 0 Å². The second-order valence-electron chi connectivity index (χ2n) is 8.76. The Labute approximate surface area is 174 Å². The Hall–Kier alpha value is -2.96. The normalized spacial score (nSPS) is 25.6. The number of halogens is 1. The average Bonchev–Trinajstić information content (AvgIpc) is 3.17. The number of hydrogen-bond donors (Lipinski definition) is 1. The van der Waals surface area contributed by atoms with Gasteiger partial charge in [-0.1, -0.05) is 0 Å². The number of aromatic nitrogens is 3. The van der Waals surface area contributed by atoms with E-state index in [0.29, 0.717) is 28.4 Å². The van der Waals surface area contributed by atoms with Gasteiger partial charge in [-0.15, -0.1) is 10.2 Å². The maximum Gasteiger partial charge on any atom is 0.258 e. The van der Waals surface area contributed by atoms with Gasteiger partial charge in [0.1, 0.15) is 11.9 Å². The molecule has 0 amide bonds. The van der Waals surface area contributed by atoms with Gasteiger partial charge >= 0.3 is 0 Å². The van der Waals surface area contributed by atoms with Crippen molar-refractivity contribution < 1.29 is 9.50 Å². The number of rotatable bonds is 3. The Morgan fingerprint density at radius 1 is 1.17 bits per heavy atom. The van der Waals surface area contributed by atoms with Crippen molar-refractivity contribution in [2.45, 2.75) is 37.9 Å². The highest BCUT2D eigenvalue weighted by Gasteiger charge is 2.44. The third kappa shape index (κ3) is 3.04. The van der Waals surface area contributed by atoms with Gasteiger partial charge in [-0.05, 0) is 73.2 Å². The van der Waals surface area contributed by atoms with Crippen molar-refractivity contribution in [3.63, 3.8) is 0 Å². The molecule has 4 atom stereocenters. The minimum Gasteiger partial charge on any atom is -0.507 e. The highest BCUT2D eigenvalue weighted by atomic mass is 19.1. The number of aryl methyl sites for hydroxylation is 1.